The molecule has 2 atom stereocenters. The van der Waals surface area contributed by atoms with Crippen LogP contribution in [0.25, 0.3) is 0 Å². The first-order valence-corrected chi connectivity index (χ1v) is 10.6. The van der Waals surface area contributed by atoms with Crippen molar-refractivity contribution in [3.63, 3.8) is 0 Å². The number of pyridine rings is 1. The van der Waals surface area contributed by atoms with E-state index in [9.17, 15) is 8.42 Å². The summed E-state index contributed by atoms with van der Waals surface area (Å²) in [6, 6.07) is 3.39. The molecule has 0 aromatic carbocycles. The summed E-state index contributed by atoms with van der Waals surface area (Å²) >= 11 is 0. The first kappa shape index (κ1) is 18.4. The quantitative estimate of drug-likeness (QED) is 0.753. The average Bonchev–Trinajstić information content (AvgIpc) is 2.98. The summed E-state index contributed by atoms with van der Waals surface area (Å²) in [5.41, 5.74) is 0. The van der Waals surface area contributed by atoms with E-state index in [-0.39, 0.29) is 17.0 Å². The molecular formula is C19H29N3O2S. The summed E-state index contributed by atoms with van der Waals surface area (Å²) in [4.78, 5) is 7.05. The Kier molecular flexibility index (Phi) is 5.21. The molecule has 2 aliphatic rings. The van der Waals surface area contributed by atoms with E-state index in [4.69, 9.17) is 0 Å². The summed E-state index contributed by atoms with van der Waals surface area (Å²) in [6.07, 6.45) is 8.36. The van der Waals surface area contributed by atoms with Gasteiger partial charge >= 0.3 is 0 Å². The molecule has 2 unspecified atom stereocenters. The fraction of sp³-hybridized carbons (Fsp3) is 0.632. The lowest BCUT2D eigenvalue weighted by Gasteiger charge is -2.29. The molecule has 5 nitrogen and oxygen atoms in total. The molecule has 138 valence electrons. The molecule has 0 N–H and O–H groups in total. The predicted octanol–water partition coefficient (Wildman–Crippen LogP) is 3.29. The summed E-state index contributed by atoms with van der Waals surface area (Å²) in [6.45, 7) is 9.63. The minimum absolute atomic E-state index is 0.0844. The first-order chi connectivity index (χ1) is 11.8. The van der Waals surface area contributed by atoms with Gasteiger partial charge in [0.15, 0.2) is 0 Å². The van der Waals surface area contributed by atoms with Crippen LogP contribution in [-0.4, -0.2) is 42.9 Å². The molecule has 0 saturated carbocycles. The highest BCUT2D eigenvalue weighted by molar-refractivity contribution is 7.89. The molecule has 0 amide bonds. The van der Waals surface area contributed by atoms with E-state index >= 15 is 0 Å². The Hall–Kier alpha value is -1.40. The van der Waals surface area contributed by atoms with Gasteiger partial charge in [0, 0.05) is 31.4 Å². The van der Waals surface area contributed by atoms with Gasteiger partial charge in [-0.25, -0.2) is 13.4 Å². The standard InChI is InChI=1S/C19H29N3O2S/c1-14(2)22(15(3)4)25(23,24)18-9-10-19(20-11-18)21-12-16-7-5-6-8-17(16)13-21/h5-6,9-11,14-17H,7-8,12-13H2,1-4H3. The SMILES string of the molecule is CC(C)N(C(C)C)S(=O)(=O)c1ccc(N2CC3CC=CCC3C2)nc1. The predicted molar refractivity (Wildman–Crippen MR) is 101 cm³/mol. The molecule has 0 radical (unpaired) electrons. The lowest BCUT2D eigenvalue weighted by atomic mass is 9.86. The van der Waals surface area contributed by atoms with Crippen molar-refractivity contribution >= 4 is 15.8 Å². The second kappa shape index (κ2) is 7.08. The van der Waals surface area contributed by atoms with Gasteiger partial charge in [-0.3, -0.25) is 0 Å². The highest BCUT2D eigenvalue weighted by Crippen LogP contribution is 2.35. The second-order valence-electron chi connectivity index (χ2n) is 7.74. The lowest BCUT2D eigenvalue weighted by Crippen LogP contribution is -2.41. The molecule has 1 aromatic heterocycles. The van der Waals surface area contributed by atoms with Crippen molar-refractivity contribution in [2.75, 3.05) is 18.0 Å². The smallest absolute Gasteiger partial charge is 0.245 e. The molecule has 1 aliphatic heterocycles. The molecule has 1 saturated heterocycles. The number of hydrogen-bond donors (Lipinski definition) is 0. The van der Waals surface area contributed by atoms with Crippen molar-refractivity contribution in [2.24, 2.45) is 11.8 Å². The van der Waals surface area contributed by atoms with Crippen LogP contribution in [-0.2, 0) is 10.0 Å². The van der Waals surface area contributed by atoms with Crippen molar-refractivity contribution in [2.45, 2.75) is 57.5 Å². The van der Waals surface area contributed by atoms with E-state index in [1.807, 2.05) is 33.8 Å². The van der Waals surface area contributed by atoms with Gasteiger partial charge in [-0.2, -0.15) is 4.31 Å². The number of anilines is 1. The zero-order valence-electron chi connectivity index (χ0n) is 15.6. The van der Waals surface area contributed by atoms with Crippen LogP contribution in [0.4, 0.5) is 5.82 Å². The van der Waals surface area contributed by atoms with Crippen LogP contribution >= 0.6 is 0 Å². The number of rotatable bonds is 5. The van der Waals surface area contributed by atoms with Crippen LogP contribution in [0.1, 0.15) is 40.5 Å². The molecular weight excluding hydrogens is 334 g/mol. The highest BCUT2D eigenvalue weighted by Gasteiger charge is 2.34. The summed E-state index contributed by atoms with van der Waals surface area (Å²) in [5.74, 6) is 2.29. The van der Waals surface area contributed by atoms with Gasteiger partial charge in [-0.1, -0.05) is 12.2 Å². The zero-order chi connectivity index (χ0) is 18.2. The topological polar surface area (TPSA) is 53.5 Å². The first-order valence-electron chi connectivity index (χ1n) is 9.20. The van der Waals surface area contributed by atoms with Crippen LogP contribution in [0.5, 0.6) is 0 Å². The molecule has 1 aliphatic carbocycles. The van der Waals surface area contributed by atoms with Crippen LogP contribution in [0.15, 0.2) is 35.4 Å². The van der Waals surface area contributed by atoms with E-state index in [2.05, 4.69) is 22.0 Å². The van der Waals surface area contributed by atoms with Gasteiger partial charge < -0.3 is 4.90 Å². The number of allylic oxidation sites excluding steroid dienone is 2. The Morgan fingerprint density at radius 3 is 2.04 bits per heavy atom. The van der Waals surface area contributed by atoms with Crippen molar-refractivity contribution in [3.05, 3.63) is 30.5 Å². The zero-order valence-corrected chi connectivity index (χ0v) is 16.4. The summed E-state index contributed by atoms with van der Waals surface area (Å²) < 4.78 is 27.4. The Morgan fingerprint density at radius 1 is 1.04 bits per heavy atom. The van der Waals surface area contributed by atoms with Gasteiger partial charge in [0.1, 0.15) is 10.7 Å². The maximum absolute atomic E-state index is 12.9. The van der Waals surface area contributed by atoms with Gasteiger partial charge in [0.25, 0.3) is 0 Å². The summed E-state index contributed by atoms with van der Waals surface area (Å²) in [7, 11) is -3.52. The number of nitrogens with zero attached hydrogens (tertiary/aromatic N) is 3. The van der Waals surface area contributed by atoms with Gasteiger partial charge in [0.05, 0.1) is 0 Å². The second-order valence-corrected chi connectivity index (χ2v) is 9.59. The maximum Gasteiger partial charge on any atom is 0.245 e. The third kappa shape index (κ3) is 3.60. The van der Waals surface area contributed by atoms with Crippen LogP contribution in [0.3, 0.4) is 0 Å². The van der Waals surface area contributed by atoms with E-state index < -0.39 is 10.0 Å². The monoisotopic (exact) mass is 363 g/mol. The fourth-order valence-corrected chi connectivity index (χ4v) is 5.97. The number of aromatic nitrogens is 1. The molecule has 25 heavy (non-hydrogen) atoms. The van der Waals surface area contributed by atoms with Crippen molar-refractivity contribution in [1.82, 2.24) is 9.29 Å². The van der Waals surface area contributed by atoms with Gasteiger partial charge in [-0.15, -0.1) is 0 Å². The number of hydrogen-bond acceptors (Lipinski definition) is 4. The Bertz CT molecular complexity index is 702. The van der Waals surface area contributed by atoms with E-state index in [0.717, 1.165) is 31.7 Å². The van der Waals surface area contributed by atoms with Gasteiger partial charge in [-0.05, 0) is 64.5 Å². The third-order valence-electron chi connectivity index (χ3n) is 5.26. The normalized spacial score (nSPS) is 23.7. The third-order valence-corrected chi connectivity index (χ3v) is 7.49. The van der Waals surface area contributed by atoms with E-state index in [1.165, 1.54) is 6.20 Å². The average molecular weight is 364 g/mol. The van der Waals surface area contributed by atoms with Crippen LogP contribution in [0.2, 0.25) is 0 Å². The molecule has 1 fully saturated rings. The van der Waals surface area contributed by atoms with Crippen molar-refractivity contribution in [1.29, 1.82) is 0 Å². The van der Waals surface area contributed by atoms with Crippen LogP contribution in [0, 0.1) is 11.8 Å². The molecule has 2 heterocycles. The Labute approximate surface area is 151 Å². The number of fused-ring (bicyclic) bond motifs is 1. The summed E-state index contributed by atoms with van der Waals surface area (Å²) in [5, 5.41) is 0. The van der Waals surface area contributed by atoms with Crippen LogP contribution < -0.4 is 4.90 Å². The molecule has 3 rings (SSSR count). The molecule has 1 aromatic rings. The maximum atomic E-state index is 12.9. The minimum atomic E-state index is -3.52. The molecule has 0 bridgehead atoms. The Morgan fingerprint density at radius 2 is 1.60 bits per heavy atom. The highest BCUT2D eigenvalue weighted by atomic mass is 32.2. The lowest BCUT2D eigenvalue weighted by molar-refractivity contribution is 0.302. The number of sulfonamides is 1. The fourth-order valence-electron chi connectivity index (χ4n) is 4.19. The molecule has 6 heteroatoms. The van der Waals surface area contributed by atoms with Gasteiger partial charge in [0.2, 0.25) is 10.0 Å². The van der Waals surface area contributed by atoms with E-state index in [0.29, 0.717) is 11.8 Å². The Balaban J connectivity index is 1.78. The molecule has 0 spiro atoms. The van der Waals surface area contributed by atoms with Crippen molar-refractivity contribution in [3.8, 4) is 0 Å². The largest absolute Gasteiger partial charge is 0.356 e. The minimum Gasteiger partial charge on any atom is -0.356 e. The van der Waals surface area contributed by atoms with Crippen molar-refractivity contribution < 1.29 is 8.42 Å². The van der Waals surface area contributed by atoms with E-state index in [1.54, 1.807) is 10.4 Å².